The van der Waals surface area contributed by atoms with Gasteiger partial charge < -0.3 is 10.5 Å². The number of nitrogens with two attached hydrogens (primary N) is 1. The molecule has 2 aromatic rings. The lowest BCUT2D eigenvalue weighted by molar-refractivity contribution is 0.457. The molecule has 1 heterocycles. The Morgan fingerprint density at radius 3 is 2.47 bits per heavy atom. The fourth-order valence-corrected chi connectivity index (χ4v) is 1.56. The van der Waals surface area contributed by atoms with Crippen molar-refractivity contribution >= 4 is 5.69 Å². The van der Waals surface area contributed by atoms with Crippen LogP contribution >= 0.6 is 0 Å². The number of rotatable bonds is 2. The van der Waals surface area contributed by atoms with Crippen LogP contribution in [0.5, 0.6) is 11.6 Å². The summed E-state index contributed by atoms with van der Waals surface area (Å²) in [4.78, 5) is 8.07. The van der Waals surface area contributed by atoms with Gasteiger partial charge in [-0.2, -0.15) is 0 Å². The molecule has 0 unspecified atom stereocenters. The van der Waals surface area contributed by atoms with E-state index in [9.17, 15) is 0 Å². The standard InChI is InChI=1S/C13H15N3O/c1-8-4-9(2)12(6-11(8)14)17-13-5-10(3)15-7-16-13/h4-7H,14H2,1-3H3. The lowest BCUT2D eigenvalue weighted by atomic mass is 10.1. The number of hydrogen-bond donors (Lipinski definition) is 1. The molecule has 1 aromatic heterocycles. The Labute approximate surface area is 100 Å². The molecule has 2 N–H and O–H groups in total. The minimum atomic E-state index is 0.531. The van der Waals surface area contributed by atoms with Crippen LogP contribution in [0.25, 0.3) is 0 Å². The summed E-state index contributed by atoms with van der Waals surface area (Å²) in [5, 5.41) is 0. The van der Waals surface area contributed by atoms with Gasteiger partial charge in [0.1, 0.15) is 12.1 Å². The van der Waals surface area contributed by atoms with Gasteiger partial charge >= 0.3 is 0 Å². The molecule has 4 nitrogen and oxygen atoms in total. The summed E-state index contributed by atoms with van der Waals surface area (Å²) in [6.45, 7) is 5.85. The molecule has 1 aromatic carbocycles. The lowest BCUT2D eigenvalue weighted by Gasteiger charge is -2.10. The zero-order valence-electron chi connectivity index (χ0n) is 10.2. The topological polar surface area (TPSA) is 61.0 Å². The average Bonchev–Trinajstić information content (AvgIpc) is 2.26. The highest BCUT2D eigenvalue weighted by Gasteiger charge is 2.05. The fourth-order valence-electron chi connectivity index (χ4n) is 1.56. The second-order valence-electron chi connectivity index (χ2n) is 4.07. The van der Waals surface area contributed by atoms with Gasteiger partial charge in [0.25, 0.3) is 0 Å². The van der Waals surface area contributed by atoms with E-state index in [-0.39, 0.29) is 0 Å². The zero-order chi connectivity index (χ0) is 12.4. The fraction of sp³-hybridized carbons (Fsp3) is 0.231. The van der Waals surface area contributed by atoms with Crippen molar-refractivity contribution in [3.8, 4) is 11.6 Å². The number of ether oxygens (including phenoxy) is 1. The SMILES string of the molecule is Cc1cc(Oc2cc(N)c(C)cc2C)ncn1. The first kappa shape index (κ1) is 11.4. The maximum absolute atomic E-state index is 5.86. The van der Waals surface area contributed by atoms with Gasteiger partial charge in [0.2, 0.25) is 5.88 Å². The van der Waals surface area contributed by atoms with Crippen LogP contribution in [-0.4, -0.2) is 9.97 Å². The van der Waals surface area contributed by atoms with Crippen molar-refractivity contribution < 1.29 is 4.74 Å². The van der Waals surface area contributed by atoms with Crippen molar-refractivity contribution in [1.82, 2.24) is 9.97 Å². The Bertz CT molecular complexity index is 552. The molecule has 88 valence electrons. The van der Waals surface area contributed by atoms with Gasteiger partial charge in [-0.3, -0.25) is 0 Å². The van der Waals surface area contributed by atoms with Crippen molar-refractivity contribution in [2.45, 2.75) is 20.8 Å². The van der Waals surface area contributed by atoms with Gasteiger partial charge in [-0.05, 0) is 31.9 Å². The molecule has 0 saturated carbocycles. The summed E-state index contributed by atoms with van der Waals surface area (Å²) in [7, 11) is 0. The van der Waals surface area contributed by atoms with Crippen LogP contribution in [0.4, 0.5) is 5.69 Å². The largest absolute Gasteiger partial charge is 0.439 e. The van der Waals surface area contributed by atoms with Crippen LogP contribution in [0.3, 0.4) is 0 Å². The van der Waals surface area contributed by atoms with E-state index in [0.717, 1.165) is 28.3 Å². The van der Waals surface area contributed by atoms with Crippen LogP contribution in [-0.2, 0) is 0 Å². The van der Waals surface area contributed by atoms with E-state index in [2.05, 4.69) is 9.97 Å². The van der Waals surface area contributed by atoms with Crippen molar-refractivity contribution in [3.63, 3.8) is 0 Å². The molecule has 0 spiro atoms. The molecule has 0 atom stereocenters. The normalized spacial score (nSPS) is 10.3. The molecule has 0 amide bonds. The quantitative estimate of drug-likeness (QED) is 0.804. The molecule has 0 radical (unpaired) electrons. The highest BCUT2D eigenvalue weighted by atomic mass is 16.5. The molecule has 0 aliphatic carbocycles. The summed E-state index contributed by atoms with van der Waals surface area (Å²) in [6, 6.07) is 5.61. The van der Waals surface area contributed by atoms with Crippen molar-refractivity contribution in [3.05, 3.63) is 41.3 Å². The molecule has 4 heteroatoms. The second kappa shape index (κ2) is 4.41. The van der Waals surface area contributed by atoms with Gasteiger partial charge in [0.05, 0.1) is 0 Å². The molecule has 0 saturated heterocycles. The molecule has 0 aliphatic heterocycles. The Morgan fingerprint density at radius 1 is 1.00 bits per heavy atom. The Hall–Kier alpha value is -2.10. The smallest absolute Gasteiger partial charge is 0.222 e. The first-order chi connectivity index (χ1) is 8.06. The predicted molar refractivity (Wildman–Crippen MR) is 67.2 cm³/mol. The molecule has 0 aliphatic rings. The first-order valence-electron chi connectivity index (χ1n) is 5.39. The van der Waals surface area contributed by atoms with Gasteiger partial charge in [0, 0.05) is 23.5 Å². The number of hydrogen-bond acceptors (Lipinski definition) is 4. The number of nitrogen functional groups attached to an aromatic ring is 1. The van der Waals surface area contributed by atoms with E-state index in [1.807, 2.05) is 32.9 Å². The highest BCUT2D eigenvalue weighted by molar-refractivity contribution is 5.54. The van der Waals surface area contributed by atoms with E-state index in [1.54, 1.807) is 6.07 Å². The van der Waals surface area contributed by atoms with Gasteiger partial charge in [0.15, 0.2) is 0 Å². The predicted octanol–water partition coefficient (Wildman–Crippen LogP) is 2.78. The van der Waals surface area contributed by atoms with Crippen molar-refractivity contribution in [2.24, 2.45) is 0 Å². The monoisotopic (exact) mass is 229 g/mol. The third kappa shape index (κ3) is 2.53. The Morgan fingerprint density at radius 2 is 1.76 bits per heavy atom. The van der Waals surface area contributed by atoms with Crippen molar-refractivity contribution in [1.29, 1.82) is 0 Å². The van der Waals surface area contributed by atoms with Crippen LogP contribution < -0.4 is 10.5 Å². The number of aromatic nitrogens is 2. The van der Waals surface area contributed by atoms with E-state index in [0.29, 0.717) is 5.88 Å². The zero-order valence-corrected chi connectivity index (χ0v) is 10.2. The number of nitrogens with zero attached hydrogens (tertiary/aromatic N) is 2. The van der Waals surface area contributed by atoms with E-state index in [1.165, 1.54) is 6.33 Å². The maximum Gasteiger partial charge on any atom is 0.222 e. The van der Waals surface area contributed by atoms with Gasteiger partial charge in [-0.1, -0.05) is 6.07 Å². The highest BCUT2D eigenvalue weighted by Crippen LogP contribution is 2.28. The molecular weight excluding hydrogens is 214 g/mol. The van der Waals surface area contributed by atoms with Crippen LogP contribution in [0.1, 0.15) is 16.8 Å². The number of aryl methyl sites for hydroxylation is 3. The Balaban J connectivity index is 2.33. The Kier molecular flexibility index (Phi) is 2.95. The third-order valence-corrected chi connectivity index (χ3v) is 2.56. The molecule has 17 heavy (non-hydrogen) atoms. The van der Waals surface area contributed by atoms with Crippen LogP contribution in [0.2, 0.25) is 0 Å². The average molecular weight is 229 g/mol. The van der Waals surface area contributed by atoms with E-state index in [4.69, 9.17) is 10.5 Å². The molecule has 2 rings (SSSR count). The lowest BCUT2D eigenvalue weighted by Crippen LogP contribution is -1.96. The van der Waals surface area contributed by atoms with Crippen molar-refractivity contribution in [2.75, 3.05) is 5.73 Å². The number of anilines is 1. The molecule has 0 fully saturated rings. The summed E-state index contributed by atoms with van der Waals surface area (Å²) >= 11 is 0. The first-order valence-corrected chi connectivity index (χ1v) is 5.39. The minimum Gasteiger partial charge on any atom is -0.439 e. The van der Waals surface area contributed by atoms with Gasteiger partial charge in [-0.25, -0.2) is 9.97 Å². The maximum atomic E-state index is 5.86. The molecular formula is C13H15N3O. The second-order valence-corrected chi connectivity index (χ2v) is 4.07. The van der Waals surface area contributed by atoms with Gasteiger partial charge in [-0.15, -0.1) is 0 Å². The van der Waals surface area contributed by atoms with Crippen LogP contribution in [0, 0.1) is 20.8 Å². The third-order valence-electron chi connectivity index (χ3n) is 2.56. The summed E-state index contributed by atoms with van der Waals surface area (Å²) in [6.07, 6.45) is 1.48. The van der Waals surface area contributed by atoms with E-state index >= 15 is 0 Å². The summed E-state index contributed by atoms with van der Waals surface area (Å²) < 4.78 is 5.69. The molecule has 0 bridgehead atoms. The summed E-state index contributed by atoms with van der Waals surface area (Å²) in [5.41, 5.74) is 9.53. The summed E-state index contributed by atoms with van der Waals surface area (Å²) in [5.74, 6) is 1.26. The minimum absolute atomic E-state index is 0.531. The number of benzene rings is 1. The van der Waals surface area contributed by atoms with E-state index < -0.39 is 0 Å². The van der Waals surface area contributed by atoms with Crippen LogP contribution in [0.15, 0.2) is 24.5 Å².